The highest BCUT2D eigenvalue weighted by atomic mass is 32.2. The highest BCUT2D eigenvalue weighted by Gasteiger charge is 2.51. The second-order valence-electron chi connectivity index (χ2n) is 12.2. The van der Waals surface area contributed by atoms with E-state index in [9.17, 15) is 23.3 Å². The summed E-state index contributed by atoms with van der Waals surface area (Å²) in [6, 6.07) is 17.7. The molecular formula is C34H30F2N6O5S. The molecule has 1 aromatic heterocycles. The molecule has 2 atom stereocenters. The quantitative estimate of drug-likeness (QED) is 0.270. The summed E-state index contributed by atoms with van der Waals surface area (Å²) in [5.41, 5.74) is 0.219. The van der Waals surface area contributed by atoms with Gasteiger partial charge in [0.2, 0.25) is 10.0 Å². The van der Waals surface area contributed by atoms with Crippen molar-refractivity contribution in [2.24, 2.45) is 5.92 Å². The number of anilines is 2. The number of sulfonamides is 1. The number of fused-ring (bicyclic) bond motifs is 3. The van der Waals surface area contributed by atoms with Gasteiger partial charge in [0.15, 0.2) is 5.69 Å². The standard InChI is InChI=1S/C34H30F2N6O5S/c1-47-30-14-9-22(15-23(30)16-37)32(43)39-27-17-38-42-29-19-40(48(45,46)20-21-7-8-21)18-28(29)41(33(44)31(27)42)26-12-10-25(11-13-26)34(35,36)24-5-3-2-4-6-24/h2-6,9-15,17,21,28-29H,7-8,18-20H2,1H3,(H,39,43)/t28-,29+/m0/s1. The van der Waals surface area contributed by atoms with Crippen molar-refractivity contribution in [3.8, 4) is 11.8 Å². The Morgan fingerprint density at radius 2 is 1.73 bits per heavy atom. The van der Waals surface area contributed by atoms with Gasteiger partial charge in [-0.3, -0.25) is 14.3 Å². The van der Waals surface area contributed by atoms with Crippen LogP contribution in [0, 0.1) is 17.2 Å². The zero-order valence-corrected chi connectivity index (χ0v) is 26.5. The van der Waals surface area contributed by atoms with Crippen molar-refractivity contribution in [1.82, 2.24) is 14.1 Å². The molecule has 2 amide bonds. The maximum absolute atomic E-state index is 15.4. The van der Waals surface area contributed by atoms with Gasteiger partial charge in [-0.05, 0) is 49.1 Å². The molecule has 0 bridgehead atoms. The molecule has 246 valence electrons. The summed E-state index contributed by atoms with van der Waals surface area (Å²) in [6.07, 6.45) is 3.02. The molecule has 0 unspecified atom stereocenters. The third-order valence-corrected chi connectivity index (χ3v) is 11.1. The number of nitrogens with zero attached hydrogens (tertiary/aromatic N) is 5. The van der Waals surface area contributed by atoms with Gasteiger partial charge in [0.05, 0.1) is 42.4 Å². The van der Waals surface area contributed by atoms with Crippen LogP contribution in [-0.2, 0) is 15.9 Å². The lowest BCUT2D eigenvalue weighted by Gasteiger charge is -2.37. The molecular weight excluding hydrogens is 642 g/mol. The molecule has 14 heteroatoms. The molecule has 3 heterocycles. The zero-order chi connectivity index (χ0) is 33.8. The Morgan fingerprint density at radius 1 is 1.04 bits per heavy atom. The van der Waals surface area contributed by atoms with E-state index in [-0.39, 0.29) is 58.4 Å². The number of carbonyl (C=O) groups excluding carboxylic acids is 2. The summed E-state index contributed by atoms with van der Waals surface area (Å²) in [6.45, 7) is 0.0386. The number of nitrogens with one attached hydrogen (secondary N) is 1. The molecule has 1 N–H and O–H groups in total. The molecule has 48 heavy (non-hydrogen) atoms. The van der Waals surface area contributed by atoms with Crippen molar-refractivity contribution >= 4 is 33.2 Å². The van der Waals surface area contributed by atoms with Crippen LogP contribution in [0.15, 0.2) is 79.0 Å². The van der Waals surface area contributed by atoms with Gasteiger partial charge in [0, 0.05) is 35.5 Å². The smallest absolute Gasteiger partial charge is 0.298 e. The van der Waals surface area contributed by atoms with E-state index in [2.05, 4.69) is 10.4 Å². The van der Waals surface area contributed by atoms with Crippen LogP contribution in [0.3, 0.4) is 0 Å². The Balaban J connectivity index is 1.24. The van der Waals surface area contributed by atoms with E-state index < -0.39 is 39.8 Å². The summed E-state index contributed by atoms with van der Waals surface area (Å²) in [5, 5.41) is 16.6. The van der Waals surface area contributed by atoms with Crippen molar-refractivity contribution in [3.63, 3.8) is 0 Å². The van der Waals surface area contributed by atoms with Crippen molar-refractivity contribution in [1.29, 1.82) is 5.26 Å². The third-order valence-electron chi connectivity index (χ3n) is 9.10. The topological polar surface area (TPSA) is 138 Å². The fourth-order valence-corrected chi connectivity index (χ4v) is 8.31. The monoisotopic (exact) mass is 672 g/mol. The molecule has 0 spiro atoms. The minimum Gasteiger partial charge on any atom is -0.495 e. The van der Waals surface area contributed by atoms with Crippen LogP contribution in [0.5, 0.6) is 5.75 Å². The minimum atomic E-state index is -3.65. The molecule has 11 nitrogen and oxygen atoms in total. The van der Waals surface area contributed by atoms with Crippen LogP contribution < -0.4 is 15.0 Å². The first-order chi connectivity index (χ1) is 23.0. The van der Waals surface area contributed by atoms with Gasteiger partial charge in [-0.1, -0.05) is 42.5 Å². The largest absolute Gasteiger partial charge is 0.495 e. The lowest BCUT2D eigenvalue weighted by Crippen LogP contribution is -2.51. The van der Waals surface area contributed by atoms with Crippen LogP contribution in [0.25, 0.3) is 0 Å². The van der Waals surface area contributed by atoms with Gasteiger partial charge < -0.3 is 15.0 Å². The predicted molar refractivity (Wildman–Crippen MR) is 171 cm³/mol. The van der Waals surface area contributed by atoms with Gasteiger partial charge in [-0.2, -0.15) is 23.4 Å². The van der Waals surface area contributed by atoms with E-state index >= 15 is 8.78 Å². The number of benzene rings is 3. The fraction of sp³-hybridized carbons (Fsp3) is 0.294. The Hall–Kier alpha value is -5.13. The first kappa shape index (κ1) is 31.5. The number of alkyl halides is 2. The first-order valence-electron chi connectivity index (χ1n) is 15.3. The SMILES string of the molecule is COc1ccc(C(=O)Nc2cnn3c2C(=O)N(c2ccc(C(F)(F)c4ccccc4)cc2)[C@H]2CN(S(=O)(=O)CC4CC4)C[C@H]23)cc1C#N. The highest BCUT2D eigenvalue weighted by Crippen LogP contribution is 2.42. The Morgan fingerprint density at radius 3 is 2.40 bits per heavy atom. The number of carbonyl (C=O) groups is 2. The van der Waals surface area contributed by atoms with Crippen molar-refractivity contribution in [2.75, 3.05) is 36.2 Å². The average Bonchev–Trinajstić information content (AvgIpc) is 3.60. The summed E-state index contributed by atoms with van der Waals surface area (Å²) in [4.78, 5) is 29.1. The molecule has 3 aliphatic rings. The summed E-state index contributed by atoms with van der Waals surface area (Å²) < 4.78 is 65.5. The number of amides is 2. The number of rotatable bonds is 9. The van der Waals surface area contributed by atoms with Gasteiger partial charge in [-0.15, -0.1) is 0 Å². The maximum atomic E-state index is 15.4. The second kappa shape index (κ2) is 11.8. The zero-order valence-electron chi connectivity index (χ0n) is 25.7. The van der Waals surface area contributed by atoms with Crippen LogP contribution in [0.2, 0.25) is 0 Å². The molecule has 2 aliphatic heterocycles. The minimum absolute atomic E-state index is 0.00281. The normalized spacial score (nSPS) is 19.4. The summed E-state index contributed by atoms with van der Waals surface area (Å²) in [5.74, 6) is -4.07. The molecule has 3 aromatic carbocycles. The summed E-state index contributed by atoms with van der Waals surface area (Å²) in [7, 11) is -2.24. The number of ether oxygens (including phenoxy) is 1. The average molecular weight is 673 g/mol. The van der Waals surface area contributed by atoms with E-state index in [1.165, 1.54) is 93.9 Å². The summed E-state index contributed by atoms with van der Waals surface area (Å²) >= 11 is 0. The number of aromatic nitrogens is 2. The van der Waals surface area contributed by atoms with E-state index in [0.29, 0.717) is 11.4 Å². The van der Waals surface area contributed by atoms with Gasteiger partial charge in [0.25, 0.3) is 17.7 Å². The van der Waals surface area contributed by atoms with E-state index in [1.54, 1.807) is 6.07 Å². The Kier molecular flexibility index (Phi) is 7.76. The van der Waals surface area contributed by atoms with E-state index in [4.69, 9.17) is 4.74 Å². The van der Waals surface area contributed by atoms with Crippen molar-refractivity contribution < 1.29 is 31.5 Å². The number of halogens is 2. The molecule has 1 saturated heterocycles. The lowest BCUT2D eigenvalue weighted by atomic mass is 9.99. The van der Waals surface area contributed by atoms with Crippen LogP contribution in [0.1, 0.15) is 56.4 Å². The Bertz CT molecular complexity index is 2060. The lowest BCUT2D eigenvalue weighted by molar-refractivity contribution is 0.0428. The molecule has 7 rings (SSSR count). The van der Waals surface area contributed by atoms with Gasteiger partial charge in [0.1, 0.15) is 11.8 Å². The number of nitriles is 1. The fourth-order valence-electron chi connectivity index (χ4n) is 6.41. The van der Waals surface area contributed by atoms with Gasteiger partial charge in [-0.25, -0.2) is 8.42 Å². The van der Waals surface area contributed by atoms with Crippen molar-refractivity contribution in [3.05, 3.63) is 107 Å². The van der Waals surface area contributed by atoms with E-state index in [1.807, 2.05) is 6.07 Å². The van der Waals surface area contributed by atoms with Crippen LogP contribution >= 0.6 is 0 Å². The predicted octanol–water partition coefficient (Wildman–Crippen LogP) is 4.78. The first-order valence-corrected chi connectivity index (χ1v) is 16.9. The molecule has 0 radical (unpaired) electrons. The van der Waals surface area contributed by atoms with Gasteiger partial charge >= 0.3 is 0 Å². The number of hydrogen-bond acceptors (Lipinski definition) is 7. The second-order valence-corrected chi connectivity index (χ2v) is 14.2. The van der Waals surface area contributed by atoms with Crippen LogP contribution in [-0.4, -0.2) is 66.3 Å². The van der Waals surface area contributed by atoms with E-state index in [0.717, 1.165) is 12.8 Å². The number of methoxy groups -OCH3 is 1. The highest BCUT2D eigenvalue weighted by molar-refractivity contribution is 7.89. The maximum Gasteiger partial charge on any atom is 0.298 e. The Labute approximate surface area is 275 Å². The molecule has 4 aromatic rings. The molecule has 1 saturated carbocycles. The van der Waals surface area contributed by atoms with Crippen molar-refractivity contribution in [2.45, 2.75) is 30.8 Å². The molecule has 1 aliphatic carbocycles. The number of hydrogen-bond donors (Lipinski definition) is 1. The molecule has 2 fully saturated rings. The van der Waals surface area contributed by atoms with Crippen LogP contribution in [0.4, 0.5) is 20.2 Å². The third kappa shape index (κ3) is 5.48.